The summed E-state index contributed by atoms with van der Waals surface area (Å²) in [5.41, 5.74) is 6.63. The summed E-state index contributed by atoms with van der Waals surface area (Å²) < 4.78 is 6.27. The Kier molecular flexibility index (Phi) is 3.43. The molecular formula is C20H24N4O. The number of furan rings is 1. The summed E-state index contributed by atoms with van der Waals surface area (Å²) >= 11 is 0. The number of rotatable bonds is 3. The minimum absolute atomic E-state index is 0.596. The van der Waals surface area contributed by atoms with E-state index in [-0.39, 0.29) is 0 Å². The van der Waals surface area contributed by atoms with Gasteiger partial charge in [0.15, 0.2) is 11.4 Å². The van der Waals surface area contributed by atoms with Gasteiger partial charge in [-0.05, 0) is 55.6 Å². The van der Waals surface area contributed by atoms with Crippen LogP contribution in [0.3, 0.4) is 0 Å². The van der Waals surface area contributed by atoms with Crippen LogP contribution in [-0.4, -0.2) is 28.0 Å². The second-order valence-electron chi connectivity index (χ2n) is 7.82. The average molecular weight is 336 g/mol. The minimum Gasteiger partial charge on any atom is -0.432 e. The summed E-state index contributed by atoms with van der Waals surface area (Å²) in [7, 11) is 0. The Morgan fingerprint density at radius 1 is 1.08 bits per heavy atom. The van der Waals surface area contributed by atoms with Crippen LogP contribution in [0.5, 0.6) is 0 Å². The van der Waals surface area contributed by atoms with E-state index in [0.717, 1.165) is 60.4 Å². The quantitative estimate of drug-likeness (QED) is 0.722. The van der Waals surface area contributed by atoms with Crippen LogP contribution in [0.4, 0.5) is 5.82 Å². The molecule has 0 N–H and O–H groups in total. The Balaban J connectivity index is 1.78. The molecule has 25 heavy (non-hydrogen) atoms. The maximum Gasteiger partial charge on any atom is 0.229 e. The Morgan fingerprint density at radius 3 is 2.68 bits per heavy atom. The number of hydrogen-bond acceptors (Lipinski definition) is 5. The average Bonchev–Trinajstić information content (AvgIpc) is 3.32. The molecule has 1 aliphatic carbocycles. The molecular weight excluding hydrogens is 312 g/mol. The van der Waals surface area contributed by atoms with Gasteiger partial charge in [-0.2, -0.15) is 0 Å². The molecule has 5 heteroatoms. The summed E-state index contributed by atoms with van der Waals surface area (Å²) in [5, 5.41) is 1.14. The van der Waals surface area contributed by atoms with Gasteiger partial charge in [0.05, 0.1) is 5.39 Å². The molecule has 0 bridgehead atoms. The van der Waals surface area contributed by atoms with Crippen LogP contribution in [0.25, 0.3) is 22.2 Å². The summed E-state index contributed by atoms with van der Waals surface area (Å²) in [6.07, 6.45) is 8.59. The zero-order valence-corrected chi connectivity index (χ0v) is 15.0. The fourth-order valence-electron chi connectivity index (χ4n) is 4.47. The third kappa shape index (κ3) is 2.32. The number of hydrogen-bond donors (Lipinski definition) is 0. The van der Waals surface area contributed by atoms with Crippen molar-refractivity contribution >= 4 is 28.0 Å². The molecule has 2 aliphatic rings. The summed E-state index contributed by atoms with van der Waals surface area (Å²) in [6.45, 7) is 6.60. The highest BCUT2D eigenvalue weighted by atomic mass is 16.3. The number of aryl methyl sites for hydroxylation is 1. The number of anilines is 1. The van der Waals surface area contributed by atoms with Gasteiger partial charge >= 0.3 is 0 Å². The monoisotopic (exact) mass is 336 g/mol. The Morgan fingerprint density at radius 2 is 1.88 bits per heavy atom. The molecule has 5 rings (SSSR count). The fraction of sp³-hybridized carbons (Fsp3) is 0.550. The zero-order valence-electron chi connectivity index (χ0n) is 15.0. The van der Waals surface area contributed by atoms with Crippen molar-refractivity contribution in [2.45, 2.75) is 52.4 Å². The summed E-state index contributed by atoms with van der Waals surface area (Å²) in [5.74, 6) is 1.54. The molecule has 1 saturated heterocycles. The molecule has 5 nitrogen and oxygen atoms in total. The molecule has 0 aromatic carbocycles. The van der Waals surface area contributed by atoms with E-state index >= 15 is 0 Å². The van der Waals surface area contributed by atoms with Crippen molar-refractivity contribution in [2.75, 3.05) is 18.0 Å². The number of aromatic nitrogens is 3. The van der Waals surface area contributed by atoms with Gasteiger partial charge in [-0.1, -0.05) is 13.8 Å². The third-order valence-corrected chi connectivity index (χ3v) is 5.55. The molecule has 1 aliphatic heterocycles. The highest BCUT2D eigenvalue weighted by Crippen LogP contribution is 2.39. The highest BCUT2D eigenvalue weighted by molar-refractivity contribution is 6.06. The summed E-state index contributed by atoms with van der Waals surface area (Å²) in [4.78, 5) is 16.4. The topological polar surface area (TPSA) is 55.1 Å². The molecule has 0 saturated carbocycles. The molecule has 0 radical (unpaired) electrons. The predicted molar refractivity (Wildman–Crippen MR) is 99.1 cm³/mol. The standard InChI is InChI=1S/C20H24N4O/c1-12(2)10-15-13-6-5-7-14(13)16-17-18(25-20(16)23-15)19(22-11-21-17)24-8-3-4-9-24/h11-12H,3-10H2,1-2H3. The van der Waals surface area contributed by atoms with Crippen LogP contribution < -0.4 is 4.90 Å². The van der Waals surface area contributed by atoms with Crippen molar-refractivity contribution in [1.82, 2.24) is 15.0 Å². The second kappa shape index (κ2) is 5.68. The Bertz CT molecular complexity index is 953. The molecule has 3 aromatic heterocycles. The molecule has 3 aromatic rings. The Hall–Kier alpha value is -2.17. The predicted octanol–water partition coefficient (Wildman–Crippen LogP) is 4.06. The largest absolute Gasteiger partial charge is 0.432 e. The fourth-order valence-corrected chi connectivity index (χ4v) is 4.47. The van der Waals surface area contributed by atoms with Gasteiger partial charge in [0.1, 0.15) is 11.8 Å². The lowest BCUT2D eigenvalue weighted by Crippen LogP contribution is -2.19. The van der Waals surface area contributed by atoms with Crippen LogP contribution in [0.1, 0.15) is 49.9 Å². The first-order valence-corrected chi connectivity index (χ1v) is 9.55. The van der Waals surface area contributed by atoms with E-state index in [1.165, 1.54) is 36.1 Å². The first-order chi connectivity index (χ1) is 12.2. The first-order valence-electron chi connectivity index (χ1n) is 9.55. The second-order valence-corrected chi connectivity index (χ2v) is 7.82. The molecule has 130 valence electrons. The van der Waals surface area contributed by atoms with Crippen LogP contribution in [-0.2, 0) is 19.3 Å². The van der Waals surface area contributed by atoms with E-state index in [4.69, 9.17) is 9.40 Å². The molecule has 1 fully saturated rings. The van der Waals surface area contributed by atoms with Crippen molar-refractivity contribution in [3.63, 3.8) is 0 Å². The van der Waals surface area contributed by atoms with Crippen LogP contribution in [0, 0.1) is 5.92 Å². The van der Waals surface area contributed by atoms with E-state index in [0.29, 0.717) is 5.92 Å². The van der Waals surface area contributed by atoms with Crippen LogP contribution in [0.2, 0.25) is 0 Å². The maximum absolute atomic E-state index is 6.27. The maximum atomic E-state index is 6.27. The van der Waals surface area contributed by atoms with Crippen molar-refractivity contribution < 1.29 is 4.42 Å². The minimum atomic E-state index is 0.596. The van der Waals surface area contributed by atoms with Crippen molar-refractivity contribution in [1.29, 1.82) is 0 Å². The normalized spacial score (nSPS) is 17.3. The molecule has 4 heterocycles. The van der Waals surface area contributed by atoms with Gasteiger partial charge in [0, 0.05) is 18.8 Å². The van der Waals surface area contributed by atoms with Gasteiger partial charge in [-0.15, -0.1) is 0 Å². The SMILES string of the molecule is CC(C)Cc1nc2oc3c(N4CCCC4)ncnc3c2c2c1CCC2. The lowest BCUT2D eigenvalue weighted by Gasteiger charge is -2.15. The van der Waals surface area contributed by atoms with Gasteiger partial charge in [-0.3, -0.25) is 0 Å². The molecule has 0 unspecified atom stereocenters. The number of pyridine rings is 1. The van der Waals surface area contributed by atoms with Crippen molar-refractivity contribution in [2.24, 2.45) is 5.92 Å². The van der Waals surface area contributed by atoms with E-state index < -0.39 is 0 Å². The van der Waals surface area contributed by atoms with Gasteiger partial charge in [-0.25, -0.2) is 15.0 Å². The smallest absolute Gasteiger partial charge is 0.229 e. The third-order valence-electron chi connectivity index (χ3n) is 5.55. The van der Waals surface area contributed by atoms with E-state index in [9.17, 15) is 0 Å². The summed E-state index contributed by atoms with van der Waals surface area (Å²) in [6, 6.07) is 0. The van der Waals surface area contributed by atoms with Gasteiger partial charge < -0.3 is 9.32 Å². The number of nitrogens with zero attached hydrogens (tertiary/aromatic N) is 4. The lowest BCUT2D eigenvalue weighted by molar-refractivity contribution is 0.615. The van der Waals surface area contributed by atoms with Gasteiger partial charge in [0.2, 0.25) is 5.71 Å². The lowest BCUT2D eigenvalue weighted by atomic mass is 9.99. The van der Waals surface area contributed by atoms with Gasteiger partial charge in [0.25, 0.3) is 0 Å². The van der Waals surface area contributed by atoms with Crippen molar-refractivity contribution in [3.8, 4) is 0 Å². The first kappa shape index (κ1) is 15.1. The van der Waals surface area contributed by atoms with Crippen molar-refractivity contribution in [3.05, 3.63) is 23.1 Å². The molecule has 0 amide bonds. The van der Waals surface area contributed by atoms with Crippen LogP contribution >= 0.6 is 0 Å². The van der Waals surface area contributed by atoms with E-state index in [1.54, 1.807) is 6.33 Å². The molecule has 0 spiro atoms. The van der Waals surface area contributed by atoms with E-state index in [1.807, 2.05) is 0 Å². The molecule has 0 atom stereocenters. The van der Waals surface area contributed by atoms with E-state index in [2.05, 4.69) is 28.7 Å². The van der Waals surface area contributed by atoms with Crippen LogP contribution in [0.15, 0.2) is 10.7 Å². The zero-order chi connectivity index (χ0) is 17.0. The highest BCUT2D eigenvalue weighted by Gasteiger charge is 2.27. The Labute approximate surface area is 147 Å². The number of fused-ring (bicyclic) bond motifs is 5.